The lowest BCUT2D eigenvalue weighted by molar-refractivity contribution is 0.601. The molecule has 0 saturated carbocycles. The molecule has 0 aromatic carbocycles. The SMILES string of the molecule is CCn1nc(C)c(N)c1Sc1ncccn1. The summed E-state index contributed by atoms with van der Waals surface area (Å²) in [5, 5.41) is 5.93. The molecule has 84 valence electrons. The fourth-order valence-corrected chi connectivity index (χ4v) is 2.25. The first-order valence-corrected chi connectivity index (χ1v) is 5.81. The first-order valence-electron chi connectivity index (χ1n) is 5.00. The number of nitrogens with zero attached hydrogens (tertiary/aromatic N) is 4. The zero-order valence-corrected chi connectivity index (χ0v) is 10.0. The van der Waals surface area contributed by atoms with Crippen molar-refractivity contribution in [2.45, 2.75) is 30.6 Å². The Kier molecular flexibility index (Phi) is 3.09. The van der Waals surface area contributed by atoms with Crippen LogP contribution in [0.1, 0.15) is 12.6 Å². The molecule has 2 rings (SSSR count). The van der Waals surface area contributed by atoms with Gasteiger partial charge < -0.3 is 5.73 Å². The number of rotatable bonds is 3. The van der Waals surface area contributed by atoms with Crippen LogP contribution in [0.3, 0.4) is 0 Å². The highest BCUT2D eigenvalue weighted by molar-refractivity contribution is 7.99. The third-order valence-corrected chi connectivity index (χ3v) is 3.17. The van der Waals surface area contributed by atoms with Crippen molar-refractivity contribution in [1.29, 1.82) is 0 Å². The molecular formula is C10H13N5S. The van der Waals surface area contributed by atoms with E-state index in [4.69, 9.17) is 5.73 Å². The minimum Gasteiger partial charge on any atom is -0.395 e. The van der Waals surface area contributed by atoms with E-state index in [0.29, 0.717) is 10.8 Å². The maximum Gasteiger partial charge on any atom is 0.193 e. The molecular weight excluding hydrogens is 222 g/mol. The van der Waals surface area contributed by atoms with E-state index in [1.165, 1.54) is 11.8 Å². The lowest BCUT2D eigenvalue weighted by Crippen LogP contribution is -1.99. The van der Waals surface area contributed by atoms with Crippen molar-refractivity contribution in [3.63, 3.8) is 0 Å². The van der Waals surface area contributed by atoms with Gasteiger partial charge in [-0.05, 0) is 31.7 Å². The number of anilines is 1. The molecule has 2 aromatic heterocycles. The van der Waals surface area contributed by atoms with Gasteiger partial charge in [0.05, 0.1) is 11.4 Å². The molecule has 5 nitrogen and oxygen atoms in total. The highest BCUT2D eigenvalue weighted by Crippen LogP contribution is 2.31. The van der Waals surface area contributed by atoms with Gasteiger partial charge in [-0.2, -0.15) is 5.10 Å². The highest BCUT2D eigenvalue weighted by atomic mass is 32.2. The van der Waals surface area contributed by atoms with E-state index < -0.39 is 0 Å². The van der Waals surface area contributed by atoms with Crippen LogP contribution in [0.25, 0.3) is 0 Å². The summed E-state index contributed by atoms with van der Waals surface area (Å²) in [6.07, 6.45) is 3.43. The fourth-order valence-electron chi connectivity index (χ4n) is 1.32. The smallest absolute Gasteiger partial charge is 0.193 e. The molecule has 2 N–H and O–H groups in total. The van der Waals surface area contributed by atoms with Crippen LogP contribution < -0.4 is 5.73 Å². The fraction of sp³-hybridized carbons (Fsp3) is 0.300. The van der Waals surface area contributed by atoms with Gasteiger partial charge in [0.1, 0.15) is 5.03 Å². The molecule has 0 bridgehead atoms. The predicted octanol–water partition coefficient (Wildman–Crippen LogP) is 1.73. The van der Waals surface area contributed by atoms with Crippen LogP contribution in [0, 0.1) is 6.92 Å². The molecule has 2 heterocycles. The Bertz CT molecular complexity index is 479. The number of hydrogen-bond acceptors (Lipinski definition) is 5. The number of hydrogen-bond donors (Lipinski definition) is 1. The van der Waals surface area contributed by atoms with E-state index in [0.717, 1.165) is 17.3 Å². The van der Waals surface area contributed by atoms with Crippen molar-refractivity contribution in [3.8, 4) is 0 Å². The summed E-state index contributed by atoms with van der Waals surface area (Å²) < 4.78 is 1.87. The summed E-state index contributed by atoms with van der Waals surface area (Å²) in [5.41, 5.74) is 7.52. The molecule has 0 radical (unpaired) electrons. The summed E-state index contributed by atoms with van der Waals surface area (Å²) in [6.45, 7) is 4.71. The summed E-state index contributed by atoms with van der Waals surface area (Å²) in [7, 11) is 0. The van der Waals surface area contributed by atoms with Crippen LogP contribution >= 0.6 is 11.8 Å². The summed E-state index contributed by atoms with van der Waals surface area (Å²) in [4.78, 5) is 8.31. The minimum absolute atomic E-state index is 0.684. The van der Waals surface area contributed by atoms with Gasteiger partial charge in [0.15, 0.2) is 5.16 Å². The topological polar surface area (TPSA) is 69.6 Å². The highest BCUT2D eigenvalue weighted by Gasteiger charge is 2.13. The normalized spacial score (nSPS) is 10.6. The zero-order valence-electron chi connectivity index (χ0n) is 9.21. The third-order valence-electron chi connectivity index (χ3n) is 2.15. The van der Waals surface area contributed by atoms with Crippen LogP contribution in [0.4, 0.5) is 5.69 Å². The van der Waals surface area contributed by atoms with E-state index in [1.807, 2.05) is 18.5 Å². The van der Waals surface area contributed by atoms with Crippen LogP contribution in [-0.2, 0) is 6.54 Å². The van der Waals surface area contributed by atoms with E-state index in [2.05, 4.69) is 15.1 Å². The maximum absolute atomic E-state index is 5.97. The lowest BCUT2D eigenvalue weighted by atomic mass is 10.4. The third kappa shape index (κ3) is 2.01. The lowest BCUT2D eigenvalue weighted by Gasteiger charge is -2.03. The second kappa shape index (κ2) is 4.52. The number of aromatic nitrogens is 4. The van der Waals surface area contributed by atoms with Gasteiger partial charge in [0.2, 0.25) is 0 Å². The van der Waals surface area contributed by atoms with Gasteiger partial charge in [0.25, 0.3) is 0 Å². The van der Waals surface area contributed by atoms with Gasteiger partial charge in [0, 0.05) is 18.9 Å². The molecule has 6 heteroatoms. The van der Waals surface area contributed by atoms with Crippen molar-refractivity contribution in [1.82, 2.24) is 19.7 Å². The first kappa shape index (κ1) is 10.9. The van der Waals surface area contributed by atoms with Crippen molar-refractivity contribution in [2.24, 2.45) is 0 Å². The predicted molar refractivity (Wildman–Crippen MR) is 63.2 cm³/mol. The van der Waals surface area contributed by atoms with E-state index in [1.54, 1.807) is 18.5 Å². The van der Waals surface area contributed by atoms with E-state index in [-0.39, 0.29) is 0 Å². The summed E-state index contributed by atoms with van der Waals surface area (Å²) >= 11 is 1.44. The zero-order chi connectivity index (χ0) is 11.5. The minimum atomic E-state index is 0.684. The van der Waals surface area contributed by atoms with Crippen molar-refractivity contribution in [3.05, 3.63) is 24.2 Å². The Balaban J connectivity index is 2.34. The van der Waals surface area contributed by atoms with Gasteiger partial charge >= 0.3 is 0 Å². The molecule has 0 spiro atoms. The molecule has 0 aliphatic heterocycles. The molecule has 0 saturated heterocycles. The Morgan fingerprint density at radius 2 is 2.06 bits per heavy atom. The van der Waals surface area contributed by atoms with Crippen LogP contribution in [-0.4, -0.2) is 19.7 Å². The van der Waals surface area contributed by atoms with E-state index in [9.17, 15) is 0 Å². The van der Waals surface area contributed by atoms with Crippen molar-refractivity contribution < 1.29 is 0 Å². The van der Waals surface area contributed by atoms with Crippen molar-refractivity contribution in [2.75, 3.05) is 5.73 Å². The van der Waals surface area contributed by atoms with Gasteiger partial charge in [-0.15, -0.1) is 0 Å². The maximum atomic E-state index is 5.97. The average molecular weight is 235 g/mol. The Labute approximate surface area is 98.1 Å². The monoisotopic (exact) mass is 235 g/mol. The largest absolute Gasteiger partial charge is 0.395 e. The number of nitrogen functional groups attached to an aromatic ring is 1. The molecule has 2 aromatic rings. The number of nitrogens with two attached hydrogens (primary N) is 1. The van der Waals surface area contributed by atoms with E-state index >= 15 is 0 Å². The first-order chi connectivity index (χ1) is 7.72. The van der Waals surface area contributed by atoms with Crippen LogP contribution in [0.2, 0.25) is 0 Å². The Morgan fingerprint density at radius 1 is 1.38 bits per heavy atom. The van der Waals surface area contributed by atoms with Crippen LogP contribution in [0.15, 0.2) is 28.6 Å². The molecule has 0 amide bonds. The standard InChI is InChI=1S/C10H13N5S/c1-3-15-9(8(11)7(2)14-15)16-10-12-5-4-6-13-10/h4-6H,3,11H2,1-2H3. The summed E-state index contributed by atoms with van der Waals surface area (Å²) in [6, 6.07) is 1.79. The molecule has 0 aliphatic rings. The molecule has 0 fully saturated rings. The second-order valence-electron chi connectivity index (χ2n) is 3.25. The van der Waals surface area contributed by atoms with Crippen molar-refractivity contribution >= 4 is 17.4 Å². The number of aryl methyl sites for hydroxylation is 2. The molecule has 16 heavy (non-hydrogen) atoms. The van der Waals surface area contributed by atoms with Gasteiger partial charge in [-0.25, -0.2) is 9.97 Å². The molecule has 0 atom stereocenters. The Hall–Kier alpha value is -1.56. The second-order valence-corrected chi connectivity index (χ2v) is 4.21. The molecule has 0 unspecified atom stereocenters. The molecule has 0 aliphatic carbocycles. The summed E-state index contributed by atoms with van der Waals surface area (Å²) in [5.74, 6) is 0. The average Bonchev–Trinajstić information content (AvgIpc) is 2.58. The van der Waals surface area contributed by atoms with Gasteiger partial charge in [-0.1, -0.05) is 0 Å². The Morgan fingerprint density at radius 3 is 2.69 bits per heavy atom. The quantitative estimate of drug-likeness (QED) is 0.820. The van der Waals surface area contributed by atoms with Crippen LogP contribution in [0.5, 0.6) is 0 Å². The van der Waals surface area contributed by atoms with Gasteiger partial charge in [-0.3, -0.25) is 4.68 Å².